The minimum Gasteiger partial charge on any atom is -0.356 e. The summed E-state index contributed by atoms with van der Waals surface area (Å²) in [5, 5.41) is 6.76. The number of nitrogens with one attached hydrogen (secondary N) is 2. The highest BCUT2D eigenvalue weighted by Gasteiger charge is 2.22. The van der Waals surface area contributed by atoms with E-state index < -0.39 is 6.43 Å². The molecule has 0 aromatic rings. The van der Waals surface area contributed by atoms with Crippen LogP contribution < -0.4 is 10.6 Å². The molecule has 0 amide bonds. The van der Waals surface area contributed by atoms with E-state index in [1.54, 1.807) is 7.05 Å². The molecule has 2 rings (SSSR count). The lowest BCUT2D eigenvalue weighted by Crippen LogP contribution is -2.49. The Balaban J connectivity index is 0.00000242. The maximum absolute atomic E-state index is 12.3. The molecule has 2 N–H and O–H groups in total. The van der Waals surface area contributed by atoms with Gasteiger partial charge in [0.1, 0.15) is 0 Å². The highest BCUT2D eigenvalue weighted by atomic mass is 127. The van der Waals surface area contributed by atoms with Gasteiger partial charge in [0.15, 0.2) is 5.96 Å². The van der Waals surface area contributed by atoms with Crippen LogP contribution in [0.1, 0.15) is 38.5 Å². The van der Waals surface area contributed by atoms with Crippen molar-refractivity contribution in [3.63, 3.8) is 0 Å². The molecule has 1 saturated carbocycles. The van der Waals surface area contributed by atoms with E-state index in [1.807, 2.05) is 4.90 Å². The predicted molar refractivity (Wildman–Crippen MR) is 97.3 cm³/mol. The van der Waals surface area contributed by atoms with Crippen LogP contribution in [0.25, 0.3) is 0 Å². The van der Waals surface area contributed by atoms with E-state index in [0.29, 0.717) is 6.04 Å². The lowest BCUT2D eigenvalue weighted by Gasteiger charge is -2.32. The molecule has 22 heavy (non-hydrogen) atoms. The molecular formula is C15H29F2IN4. The maximum atomic E-state index is 12.3. The Hall–Kier alpha value is -0.180. The summed E-state index contributed by atoms with van der Waals surface area (Å²) in [5.41, 5.74) is 0. The van der Waals surface area contributed by atoms with Crippen molar-refractivity contribution in [3.05, 3.63) is 0 Å². The van der Waals surface area contributed by atoms with Crippen LogP contribution in [0.4, 0.5) is 8.78 Å². The molecule has 7 heteroatoms. The first kappa shape index (κ1) is 19.9. The summed E-state index contributed by atoms with van der Waals surface area (Å²) >= 11 is 0. The standard InChI is InChI=1S/C15H28F2N4.HI/c1-18-15(19-8-2-3-12-4-5-12)20-13-6-9-21(10-7-13)11-14(16)17;/h12-14H,2-11H2,1H3,(H2,18,19,20);1H. The van der Waals surface area contributed by atoms with Gasteiger partial charge in [-0.3, -0.25) is 9.89 Å². The fourth-order valence-electron chi connectivity index (χ4n) is 2.85. The molecule has 0 atom stereocenters. The Morgan fingerprint density at radius 1 is 1.23 bits per heavy atom. The van der Waals surface area contributed by atoms with Crippen molar-refractivity contribution in [3.8, 4) is 0 Å². The number of aliphatic imine (C=N–C) groups is 1. The number of alkyl halides is 2. The molecule has 130 valence electrons. The van der Waals surface area contributed by atoms with Crippen molar-refractivity contribution < 1.29 is 8.78 Å². The predicted octanol–water partition coefficient (Wildman–Crippen LogP) is 2.69. The van der Waals surface area contributed by atoms with Crippen molar-refractivity contribution in [1.82, 2.24) is 15.5 Å². The molecule has 2 fully saturated rings. The van der Waals surface area contributed by atoms with Gasteiger partial charge >= 0.3 is 0 Å². The minimum atomic E-state index is -2.23. The zero-order valence-electron chi connectivity index (χ0n) is 13.4. The molecule has 0 unspecified atom stereocenters. The van der Waals surface area contributed by atoms with Gasteiger partial charge in [-0.05, 0) is 31.6 Å². The quantitative estimate of drug-likeness (QED) is 0.283. The number of rotatable bonds is 7. The third-order valence-electron chi connectivity index (χ3n) is 4.33. The Labute approximate surface area is 149 Å². The highest BCUT2D eigenvalue weighted by Crippen LogP contribution is 2.33. The van der Waals surface area contributed by atoms with Crippen molar-refractivity contribution in [2.24, 2.45) is 10.9 Å². The Morgan fingerprint density at radius 2 is 1.91 bits per heavy atom. The molecule has 0 radical (unpaired) electrons. The Bertz CT molecular complexity index is 330. The summed E-state index contributed by atoms with van der Waals surface area (Å²) in [5.74, 6) is 1.82. The monoisotopic (exact) mass is 430 g/mol. The summed E-state index contributed by atoms with van der Waals surface area (Å²) < 4.78 is 24.7. The van der Waals surface area contributed by atoms with Crippen LogP contribution >= 0.6 is 24.0 Å². The second-order valence-electron chi connectivity index (χ2n) is 6.19. The molecular weight excluding hydrogens is 401 g/mol. The molecule has 4 nitrogen and oxygen atoms in total. The number of likely N-dealkylation sites (tertiary alicyclic amines) is 1. The van der Waals surface area contributed by atoms with Gasteiger partial charge in [0.05, 0.1) is 6.54 Å². The highest BCUT2D eigenvalue weighted by molar-refractivity contribution is 14.0. The van der Waals surface area contributed by atoms with Gasteiger partial charge < -0.3 is 10.6 Å². The van der Waals surface area contributed by atoms with E-state index >= 15 is 0 Å². The van der Waals surface area contributed by atoms with Crippen LogP contribution in [0.15, 0.2) is 4.99 Å². The molecule has 0 aromatic carbocycles. The smallest absolute Gasteiger partial charge is 0.251 e. The normalized spacial score (nSPS) is 20.8. The summed E-state index contributed by atoms with van der Waals surface area (Å²) in [6, 6.07) is 0.341. The number of hydrogen-bond donors (Lipinski definition) is 2. The van der Waals surface area contributed by atoms with Crippen LogP contribution in [-0.4, -0.2) is 56.6 Å². The molecule has 1 aliphatic heterocycles. The largest absolute Gasteiger partial charge is 0.356 e. The molecule has 2 aliphatic rings. The van der Waals surface area contributed by atoms with E-state index in [1.165, 1.54) is 25.7 Å². The van der Waals surface area contributed by atoms with Crippen molar-refractivity contribution >= 4 is 29.9 Å². The fraction of sp³-hybridized carbons (Fsp3) is 0.933. The van der Waals surface area contributed by atoms with E-state index in [9.17, 15) is 8.78 Å². The maximum Gasteiger partial charge on any atom is 0.251 e. The first-order valence-electron chi connectivity index (χ1n) is 8.15. The molecule has 0 bridgehead atoms. The van der Waals surface area contributed by atoms with Crippen LogP contribution in [-0.2, 0) is 0 Å². The molecule has 0 spiro atoms. The van der Waals surface area contributed by atoms with Gasteiger partial charge in [-0.25, -0.2) is 8.78 Å². The topological polar surface area (TPSA) is 39.7 Å². The molecule has 1 heterocycles. The SMILES string of the molecule is CN=C(NCCCC1CC1)NC1CCN(CC(F)F)CC1.I. The van der Waals surface area contributed by atoms with Gasteiger partial charge in [-0.2, -0.15) is 0 Å². The average Bonchev–Trinajstić information content (AvgIpc) is 3.27. The zero-order chi connectivity index (χ0) is 15.1. The number of halogens is 3. The van der Waals surface area contributed by atoms with Crippen molar-refractivity contribution in [1.29, 1.82) is 0 Å². The van der Waals surface area contributed by atoms with E-state index in [0.717, 1.165) is 44.4 Å². The lowest BCUT2D eigenvalue weighted by molar-refractivity contribution is 0.0744. The first-order valence-corrected chi connectivity index (χ1v) is 8.15. The summed E-state index contributed by atoms with van der Waals surface area (Å²) in [7, 11) is 1.78. The molecule has 1 saturated heterocycles. The van der Waals surface area contributed by atoms with Gasteiger partial charge in [-0.1, -0.05) is 12.8 Å². The van der Waals surface area contributed by atoms with E-state index in [4.69, 9.17) is 0 Å². The van der Waals surface area contributed by atoms with Crippen LogP contribution in [0.2, 0.25) is 0 Å². The Morgan fingerprint density at radius 3 is 2.45 bits per heavy atom. The summed E-state index contributed by atoms with van der Waals surface area (Å²) in [4.78, 5) is 6.08. The summed E-state index contributed by atoms with van der Waals surface area (Å²) in [6.45, 7) is 2.34. The number of nitrogens with zero attached hydrogens (tertiary/aromatic N) is 2. The fourth-order valence-corrected chi connectivity index (χ4v) is 2.85. The number of guanidine groups is 1. The van der Waals surface area contributed by atoms with E-state index in [-0.39, 0.29) is 30.5 Å². The minimum absolute atomic E-state index is 0. The number of hydrogen-bond acceptors (Lipinski definition) is 2. The number of piperidine rings is 1. The third kappa shape index (κ3) is 7.89. The van der Waals surface area contributed by atoms with Gasteiger partial charge in [-0.15, -0.1) is 24.0 Å². The molecule has 0 aromatic heterocycles. The average molecular weight is 430 g/mol. The zero-order valence-corrected chi connectivity index (χ0v) is 15.7. The summed E-state index contributed by atoms with van der Waals surface area (Å²) in [6.07, 6.45) is 4.89. The van der Waals surface area contributed by atoms with Gasteiger partial charge in [0.2, 0.25) is 0 Å². The second-order valence-corrected chi connectivity index (χ2v) is 6.19. The van der Waals surface area contributed by atoms with Gasteiger partial charge in [0, 0.05) is 32.7 Å². The van der Waals surface area contributed by atoms with Crippen molar-refractivity contribution in [2.45, 2.75) is 51.0 Å². The molecule has 1 aliphatic carbocycles. The van der Waals surface area contributed by atoms with Crippen LogP contribution in [0, 0.1) is 5.92 Å². The van der Waals surface area contributed by atoms with Gasteiger partial charge in [0.25, 0.3) is 6.43 Å². The van der Waals surface area contributed by atoms with Crippen molar-refractivity contribution in [2.75, 3.05) is 33.2 Å². The van der Waals surface area contributed by atoms with Crippen LogP contribution in [0.5, 0.6) is 0 Å². The third-order valence-corrected chi connectivity index (χ3v) is 4.33. The Kier molecular flexibility index (Phi) is 9.54. The van der Waals surface area contributed by atoms with Crippen LogP contribution in [0.3, 0.4) is 0 Å². The lowest BCUT2D eigenvalue weighted by atomic mass is 10.1. The van der Waals surface area contributed by atoms with E-state index in [2.05, 4.69) is 15.6 Å². The first-order chi connectivity index (χ1) is 10.2. The second kappa shape index (κ2) is 10.6.